The van der Waals surface area contributed by atoms with Gasteiger partial charge in [-0.25, -0.2) is 0 Å². The van der Waals surface area contributed by atoms with E-state index in [4.69, 9.17) is 4.42 Å². The monoisotopic (exact) mass is 164 g/mol. The molecule has 56 valence electrons. The van der Waals surface area contributed by atoms with Gasteiger partial charge in [0.05, 0.1) is 0 Å². The molecule has 0 unspecified atom stereocenters. The Labute approximate surface area is 69.3 Å². The molecule has 0 aliphatic carbocycles. The van der Waals surface area contributed by atoms with Crippen molar-refractivity contribution in [3.05, 3.63) is 34.7 Å². The molecule has 0 aliphatic heterocycles. The SMILES string of the molecule is Cc1ccc(-c2ccsc2)o1. The molecule has 2 rings (SSSR count). The molecule has 0 atom stereocenters. The van der Waals surface area contributed by atoms with Gasteiger partial charge < -0.3 is 4.42 Å². The average molecular weight is 164 g/mol. The molecule has 1 nitrogen and oxygen atoms in total. The lowest BCUT2D eigenvalue weighted by Gasteiger charge is -1.87. The maximum absolute atomic E-state index is 5.43. The first kappa shape index (κ1) is 6.68. The maximum atomic E-state index is 5.43. The summed E-state index contributed by atoms with van der Waals surface area (Å²) in [6.07, 6.45) is 0. The Bertz CT molecular complexity index is 332. The van der Waals surface area contributed by atoms with E-state index < -0.39 is 0 Å². The maximum Gasteiger partial charge on any atom is 0.135 e. The van der Waals surface area contributed by atoms with Crippen molar-refractivity contribution in [1.29, 1.82) is 0 Å². The van der Waals surface area contributed by atoms with Gasteiger partial charge in [-0.2, -0.15) is 11.3 Å². The minimum Gasteiger partial charge on any atom is -0.461 e. The zero-order valence-corrected chi connectivity index (χ0v) is 7.02. The van der Waals surface area contributed by atoms with E-state index in [9.17, 15) is 0 Å². The van der Waals surface area contributed by atoms with Crippen molar-refractivity contribution < 1.29 is 4.42 Å². The molecule has 0 amide bonds. The van der Waals surface area contributed by atoms with Crippen LogP contribution in [0.3, 0.4) is 0 Å². The third-order valence-corrected chi connectivity index (χ3v) is 2.23. The number of hydrogen-bond donors (Lipinski definition) is 0. The van der Waals surface area contributed by atoms with Crippen molar-refractivity contribution in [3.8, 4) is 11.3 Å². The molecule has 0 spiro atoms. The highest BCUT2D eigenvalue weighted by molar-refractivity contribution is 7.08. The Morgan fingerprint density at radius 3 is 2.73 bits per heavy atom. The number of furan rings is 1. The summed E-state index contributed by atoms with van der Waals surface area (Å²) >= 11 is 1.68. The molecule has 11 heavy (non-hydrogen) atoms. The second-order valence-electron chi connectivity index (χ2n) is 2.42. The van der Waals surface area contributed by atoms with E-state index >= 15 is 0 Å². The highest BCUT2D eigenvalue weighted by Gasteiger charge is 2.00. The largest absolute Gasteiger partial charge is 0.461 e. The van der Waals surface area contributed by atoms with Gasteiger partial charge in [0.1, 0.15) is 11.5 Å². The quantitative estimate of drug-likeness (QED) is 0.630. The second kappa shape index (κ2) is 2.55. The smallest absolute Gasteiger partial charge is 0.135 e. The zero-order chi connectivity index (χ0) is 7.68. The zero-order valence-electron chi connectivity index (χ0n) is 6.20. The second-order valence-corrected chi connectivity index (χ2v) is 3.20. The van der Waals surface area contributed by atoms with Crippen LogP contribution in [-0.2, 0) is 0 Å². The van der Waals surface area contributed by atoms with Gasteiger partial charge in [0, 0.05) is 10.9 Å². The Morgan fingerprint density at radius 2 is 2.18 bits per heavy atom. The minimum absolute atomic E-state index is 0.962. The molecular formula is C9H8OS. The molecule has 2 aromatic rings. The molecule has 2 heterocycles. The van der Waals surface area contributed by atoms with Crippen molar-refractivity contribution >= 4 is 11.3 Å². The molecule has 2 aromatic heterocycles. The fourth-order valence-corrected chi connectivity index (χ4v) is 1.64. The molecule has 0 aliphatic rings. The molecule has 0 radical (unpaired) electrons. The summed E-state index contributed by atoms with van der Waals surface area (Å²) in [6.45, 7) is 1.95. The van der Waals surface area contributed by atoms with Gasteiger partial charge in [-0.3, -0.25) is 0 Å². The Morgan fingerprint density at radius 1 is 1.27 bits per heavy atom. The molecule has 0 N–H and O–H groups in total. The summed E-state index contributed by atoms with van der Waals surface area (Å²) in [4.78, 5) is 0. The lowest BCUT2D eigenvalue weighted by molar-refractivity contribution is 0.548. The van der Waals surface area contributed by atoms with Crippen LogP contribution >= 0.6 is 11.3 Å². The summed E-state index contributed by atoms with van der Waals surface area (Å²) in [5.41, 5.74) is 1.17. The van der Waals surface area contributed by atoms with E-state index in [1.165, 1.54) is 5.56 Å². The summed E-state index contributed by atoms with van der Waals surface area (Å²) in [7, 11) is 0. The van der Waals surface area contributed by atoms with Crippen LogP contribution in [0.4, 0.5) is 0 Å². The highest BCUT2D eigenvalue weighted by Crippen LogP contribution is 2.23. The minimum atomic E-state index is 0.962. The third-order valence-electron chi connectivity index (χ3n) is 1.55. The number of rotatable bonds is 1. The first-order chi connectivity index (χ1) is 5.36. The normalized spacial score (nSPS) is 10.3. The fraction of sp³-hybridized carbons (Fsp3) is 0.111. The molecule has 0 bridgehead atoms. The molecule has 0 saturated carbocycles. The van der Waals surface area contributed by atoms with Gasteiger partial charge in [0.15, 0.2) is 0 Å². The number of thiophene rings is 1. The van der Waals surface area contributed by atoms with E-state index in [1.807, 2.05) is 24.4 Å². The van der Waals surface area contributed by atoms with E-state index in [-0.39, 0.29) is 0 Å². The van der Waals surface area contributed by atoms with Crippen LogP contribution in [0.5, 0.6) is 0 Å². The van der Waals surface area contributed by atoms with Gasteiger partial charge in [0.2, 0.25) is 0 Å². The predicted octanol–water partition coefficient (Wildman–Crippen LogP) is 3.32. The van der Waals surface area contributed by atoms with Gasteiger partial charge in [-0.1, -0.05) is 0 Å². The summed E-state index contributed by atoms with van der Waals surface area (Å²) in [5, 5.41) is 4.13. The van der Waals surface area contributed by atoms with Gasteiger partial charge in [-0.15, -0.1) is 0 Å². The average Bonchev–Trinajstić information content (AvgIpc) is 2.55. The first-order valence-electron chi connectivity index (χ1n) is 3.45. The van der Waals surface area contributed by atoms with Crippen molar-refractivity contribution in [1.82, 2.24) is 0 Å². The summed E-state index contributed by atoms with van der Waals surface area (Å²) in [5.74, 6) is 1.93. The van der Waals surface area contributed by atoms with Crippen molar-refractivity contribution in [3.63, 3.8) is 0 Å². The number of hydrogen-bond acceptors (Lipinski definition) is 2. The number of aryl methyl sites for hydroxylation is 1. The van der Waals surface area contributed by atoms with E-state index in [1.54, 1.807) is 11.3 Å². The topological polar surface area (TPSA) is 13.1 Å². The predicted molar refractivity (Wildman–Crippen MR) is 46.8 cm³/mol. The van der Waals surface area contributed by atoms with Gasteiger partial charge >= 0.3 is 0 Å². The van der Waals surface area contributed by atoms with Crippen LogP contribution in [0.15, 0.2) is 33.4 Å². The standard InChI is InChI=1S/C9H8OS/c1-7-2-3-9(10-7)8-4-5-11-6-8/h2-6H,1H3. The van der Waals surface area contributed by atoms with Gasteiger partial charge in [-0.05, 0) is 30.5 Å². The molecule has 0 aromatic carbocycles. The first-order valence-corrected chi connectivity index (χ1v) is 4.39. The van der Waals surface area contributed by atoms with Crippen LogP contribution in [0.1, 0.15) is 5.76 Å². The van der Waals surface area contributed by atoms with Crippen LogP contribution in [0.2, 0.25) is 0 Å². The van der Waals surface area contributed by atoms with Crippen LogP contribution in [0.25, 0.3) is 11.3 Å². The lowest BCUT2D eigenvalue weighted by Crippen LogP contribution is -1.62. The third kappa shape index (κ3) is 1.21. The summed E-state index contributed by atoms with van der Waals surface area (Å²) < 4.78 is 5.43. The molecule has 0 fully saturated rings. The van der Waals surface area contributed by atoms with Crippen LogP contribution in [-0.4, -0.2) is 0 Å². The Hall–Kier alpha value is -1.02. The van der Waals surface area contributed by atoms with Crippen molar-refractivity contribution in [2.45, 2.75) is 6.92 Å². The van der Waals surface area contributed by atoms with Crippen LogP contribution in [0, 0.1) is 6.92 Å². The van der Waals surface area contributed by atoms with Crippen LogP contribution < -0.4 is 0 Å². The van der Waals surface area contributed by atoms with Crippen molar-refractivity contribution in [2.24, 2.45) is 0 Å². The Balaban J connectivity index is 2.45. The molecule has 0 saturated heterocycles. The van der Waals surface area contributed by atoms with E-state index in [2.05, 4.69) is 11.4 Å². The highest BCUT2D eigenvalue weighted by atomic mass is 32.1. The van der Waals surface area contributed by atoms with Gasteiger partial charge in [0.25, 0.3) is 0 Å². The van der Waals surface area contributed by atoms with Crippen molar-refractivity contribution in [2.75, 3.05) is 0 Å². The summed E-state index contributed by atoms with van der Waals surface area (Å²) in [6, 6.07) is 6.04. The fourth-order valence-electron chi connectivity index (χ4n) is 0.994. The molecular weight excluding hydrogens is 156 g/mol. The van der Waals surface area contributed by atoms with E-state index in [0.29, 0.717) is 0 Å². The van der Waals surface area contributed by atoms with E-state index in [0.717, 1.165) is 11.5 Å². The molecule has 2 heteroatoms. The lowest BCUT2D eigenvalue weighted by atomic mass is 10.3. The Kier molecular flexibility index (Phi) is 1.55.